The number of hydrogen-bond donors (Lipinski definition) is 2. The lowest BCUT2D eigenvalue weighted by atomic mass is 10.1. The lowest BCUT2D eigenvalue weighted by Crippen LogP contribution is -2.28. The van der Waals surface area contributed by atoms with Gasteiger partial charge < -0.3 is 20.4 Å². The number of ether oxygens (including phenoxy) is 1. The molecule has 0 aliphatic rings. The van der Waals surface area contributed by atoms with Crippen molar-refractivity contribution in [2.45, 2.75) is 19.9 Å². The van der Waals surface area contributed by atoms with Gasteiger partial charge in [-0.2, -0.15) is 0 Å². The van der Waals surface area contributed by atoms with Gasteiger partial charge in [0.1, 0.15) is 12.1 Å². The summed E-state index contributed by atoms with van der Waals surface area (Å²) < 4.78 is 7.15. The van der Waals surface area contributed by atoms with Crippen LogP contribution in [0.5, 0.6) is 5.75 Å². The van der Waals surface area contributed by atoms with Gasteiger partial charge in [-0.3, -0.25) is 4.79 Å². The largest absolute Gasteiger partial charge is 0.494 e. The number of rotatable bonds is 5. The summed E-state index contributed by atoms with van der Waals surface area (Å²) in [6.07, 6.45) is 1.59. The highest BCUT2D eigenvalue weighted by molar-refractivity contribution is 5.95. The first-order valence-electron chi connectivity index (χ1n) is 6.69. The lowest BCUT2D eigenvalue weighted by Gasteiger charge is -2.14. The van der Waals surface area contributed by atoms with Gasteiger partial charge >= 0.3 is 0 Å². The number of benzene rings is 1. The van der Waals surface area contributed by atoms with Crippen molar-refractivity contribution in [2.24, 2.45) is 7.05 Å². The molecule has 0 spiro atoms. The van der Waals surface area contributed by atoms with Crippen LogP contribution < -0.4 is 15.8 Å². The Morgan fingerprint density at radius 1 is 1.48 bits per heavy atom. The fraction of sp³-hybridized carbons (Fsp3) is 0.357. The number of nitrogens with zero attached hydrogens (tertiary/aromatic N) is 3. The van der Waals surface area contributed by atoms with E-state index in [1.54, 1.807) is 29.1 Å². The van der Waals surface area contributed by atoms with Gasteiger partial charge in [0.2, 0.25) is 0 Å². The van der Waals surface area contributed by atoms with Crippen LogP contribution in [-0.2, 0) is 7.05 Å². The highest BCUT2D eigenvalue weighted by atomic mass is 16.5. The summed E-state index contributed by atoms with van der Waals surface area (Å²) in [4.78, 5) is 12.3. The topological polar surface area (TPSA) is 95.1 Å². The number of carbonyl (C=O) groups is 1. The van der Waals surface area contributed by atoms with Crippen molar-refractivity contribution in [3.8, 4) is 5.75 Å². The second-order valence-electron chi connectivity index (χ2n) is 4.72. The average Bonchev–Trinajstić information content (AvgIpc) is 2.84. The van der Waals surface area contributed by atoms with Crippen LogP contribution >= 0.6 is 0 Å². The van der Waals surface area contributed by atoms with Gasteiger partial charge in [0, 0.05) is 24.4 Å². The third-order valence-corrected chi connectivity index (χ3v) is 2.98. The molecule has 1 unspecified atom stereocenters. The summed E-state index contributed by atoms with van der Waals surface area (Å²) in [5.74, 6) is 1.02. The number of nitrogens with one attached hydrogen (secondary N) is 1. The Balaban J connectivity index is 2.15. The van der Waals surface area contributed by atoms with Crippen molar-refractivity contribution in [1.29, 1.82) is 0 Å². The molecule has 0 fully saturated rings. The number of carbonyl (C=O) groups excluding carboxylic acids is 1. The Kier molecular flexibility index (Phi) is 4.42. The number of anilines is 1. The summed E-state index contributed by atoms with van der Waals surface area (Å²) in [5, 5.41) is 10.6. The minimum absolute atomic E-state index is 0.237. The van der Waals surface area contributed by atoms with Crippen molar-refractivity contribution in [1.82, 2.24) is 20.1 Å². The van der Waals surface area contributed by atoms with E-state index in [2.05, 4.69) is 15.5 Å². The standard InChI is InChI=1S/C14H19N5O2/c1-4-21-12-6-10(5-11(15)7-12)14(20)17-9(2)13-18-16-8-19(13)3/h5-9H,4,15H2,1-3H3,(H,17,20). The molecule has 2 aromatic rings. The van der Waals surface area contributed by atoms with E-state index in [4.69, 9.17) is 10.5 Å². The summed E-state index contributed by atoms with van der Waals surface area (Å²) in [6, 6.07) is 4.70. The number of nitrogen functional groups attached to an aromatic ring is 1. The molecular formula is C14H19N5O2. The number of hydrogen-bond acceptors (Lipinski definition) is 5. The molecule has 1 aromatic carbocycles. The van der Waals surface area contributed by atoms with E-state index in [9.17, 15) is 4.79 Å². The third kappa shape index (κ3) is 3.50. The van der Waals surface area contributed by atoms with Crippen LogP contribution in [0.15, 0.2) is 24.5 Å². The molecule has 1 aromatic heterocycles. The van der Waals surface area contributed by atoms with Gasteiger partial charge in [-0.15, -0.1) is 10.2 Å². The first kappa shape index (κ1) is 14.8. The Bertz CT molecular complexity index is 638. The maximum atomic E-state index is 12.3. The molecule has 0 radical (unpaired) electrons. The van der Waals surface area contributed by atoms with Crippen LogP contribution in [0.25, 0.3) is 0 Å². The minimum Gasteiger partial charge on any atom is -0.494 e. The van der Waals surface area contributed by atoms with Gasteiger partial charge in [-0.1, -0.05) is 0 Å². The molecule has 3 N–H and O–H groups in total. The molecule has 2 rings (SSSR count). The third-order valence-electron chi connectivity index (χ3n) is 2.98. The van der Waals surface area contributed by atoms with E-state index < -0.39 is 0 Å². The molecule has 0 aliphatic heterocycles. The predicted octanol–water partition coefficient (Wildman–Crippen LogP) is 1.29. The monoisotopic (exact) mass is 289 g/mol. The zero-order valence-corrected chi connectivity index (χ0v) is 12.3. The maximum Gasteiger partial charge on any atom is 0.252 e. The highest BCUT2D eigenvalue weighted by Crippen LogP contribution is 2.19. The Hall–Kier alpha value is -2.57. The lowest BCUT2D eigenvalue weighted by molar-refractivity contribution is 0.0937. The second-order valence-corrected chi connectivity index (χ2v) is 4.72. The van der Waals surface area contributed by atoms with Gasteiger partial charge in [0.25, 0.3) is 5.91 Å². The van der Waals surface area contributed by atoms with Crippen LogP contribution in [0.3, 0.4) is 0 Å². The van der Waals surface area contributed by atoms with Crippen molar-refractivity contribution in [2.75, 3.05) is 12.3 Å². The summed E-state index contributed by atoms with van der Waals surface area (Å²) in [5.41, 5.74) is 6.73. The van der Waals surface area contributed by atoms with E-state index in [0.29, 0.717) is 29.4 Å². The molecule has 0 bridgehead atoms. The second kappa shape index (κ2) is 6.25. The van der Waals surface area contributed by atoms with Crippen LogP contribution in [0, 0.1) is 0 Å². The Morgan fingerprint density at radius 3 is 2.86 bits per heavy atom. The number of nitrogens with two attached hydrogens (primary N) is 1. The van der Waals surface area contributed by atoms with Gasteiger partial charge in [-0.05, 0) is 26.0 Å². The first-order chi connectivity index (χ1) is 10.0. The SMILES string of the molecule is CCOc1cc(N)cc(C(=O)NC(C)c2nncn2C)c1. The van der Waals surface area contributed by atoms with Crippen molar-refractivity contribution >= 4 is 11.6 Å². The minimum atomic E-state index is -0.262. The Labute approximate surface area is 123 Å². The van der Waals surface area contributed by atoms with Crippen molar-refractivity contribution < 1.29 is 9.53 Å². The van der Waals surface area contributed by atoms with Gasteiger partial charge in [0.05, 0.1) is 12.6 Å². The maximum absolute atomic E-state index is 12.3. The van der Waals surface area contributed by atoms with Crippen LogP contribution in [-0.4, -0.2) is 27.3 Å². The number of aryl methyl sites for hydroxylation is 1. The zero-order chi connectivity index (χ0) is 15.4. The summed E-state index contributed by atoms with van der Waals surface area (Å²) >= 11 is 0. The molecule has 1 heterocycles. The van der Waals surface area contributed by atoms with Crippen LogP contribution in [0.2, 0.25) is 0 Å². The Morgan fingerprint density at radius 2 is 2.24 bits per heavy atom. The first-order valence-corrected chi connectivity index (χ1v) is 6.69. The van der Waals surface area contributed by atoms with E-state index in [0.717, 1.165) is 0 Å². The van der Waals surface area contributed by atoms with Crippen LogP contribution in [0.1, 0.15) is 36.1 Å². The zero-order valence-electron chi connectivity index (χ0n) is 12.3. The molecule has 0 saturated carbocycles. The molecule has 21 heavy (non-hydrogen) atoms. The quantitative estimate of drug-likeness (QED) is 0.809. The van der Waals surface area contributed by atoms with Crippen molar-refractivity contribution in [3.63, 3.8) is 0 Å². The van der Waals surface area contributed by atoms with Gasteiger partial charge in [-0.25, -0.2) is 0 Å². The molecular weight excluding hydrogens is 270 g/mol. The van der Waals surface area contributed by atoms with E-state index in [1.165, 1.54) is 0 Å². The molecule has 1 amide bonds. The molecule has 1 atom stereocenters. The fourth-order valence-electron chi connectivity index (χ4n) is 2.03. The average molecular weight is 289 g/mol. The molecule has 0 saturated heterocycles. The van der Waals surface area contributed by atoms with E-state index in [-0.39, 0.29) is 11.9 Å². The highest BCUT2D eigenvalue weighted by Gasteiger charge is 2.16. The summed E-state index contributed by atoms with van der Waals surface area (Å²) in [7, 11) is 1.83. The van der Waals surface area contributed by atoms with E-state index >= 15 is 0 Å². The smallest absolute Gasteiger partial charge is 0.252 e. The number of aromatic nitrogens is 3. The van der Waals surface area contributed by atoms with Gasteiger partial charge in [0.15, 0.2) is 5.82 Å². The molecule has 7 heteroatoms. The molecule has 0 aliphatic carbocycles. The van der Waals surface area contributed by atoms with Crippen molar-refractivity contribution in [3.05, 3.63) is 35.9 Å². The molecule has 112 valence electrons. The normalized spacial score (nSPS) is 12.0. The fourth-order valence-corrected chi connectivity index (χ4v) is 2.03. The molecule has 7 nitrogen and oxygen atoms in total. The van der Waals surface area contributed by atoms with Crippen LogP contribution in [0.4, 0.5) is 5.69 Å². The van der Waals surface area contributed by atoms with E-state index in [1.807, 2.05) is 20.9 Å². The summed E-state index contributed by atoms with van der Waals surface area (Å²) in [6.45, 7) is 4.23. The number of amides is 1. The predicted molar refractivity (Wildman–Crippen MR) is 78.9 cm³/mol.